The van der Waals surface area contributed by atoms with Crippen LogP contribution >= 0.6 is 12.6 Å². The first-order valence-electron chi connectivity index (χ1n) is 5.38. The molecule has 0 amide bonds. The zero-order valence-corrected chi connectivity index (χ0v) is 10.7. The Morgan fingerprint density at radius 3 is 2.75 bits per heavy atom. The number of oxazole rings is 1. The number of thiol groups is 1. The van der Waals surface area contributed by atoms with Gasteiger partial charge in [-0.2, -0.15) is 0 Å². The van der Waals surface area contributed by atoms with Gasteiger partial charge in [0.2, 0.25) is 5.89 Å². The van der Waals surface area contributed by atoms with Gasteiger partial charge in [-0.15, -0.1) is 12.6 Å². The Bertz CT molecular complexity index is 710. The third-order valence-corrected chi connectivity index (χ3v) is 2.89. The molecule has 20 heavy (non-hydrogen) atoms. The van der Waals surface area contributed by atoms with Crippen molar-refractivity contribution >= 4 is 40.5 Å². The maximum Gasteiger partial charge on any atom is 0.304 e. The van der Waals surface area contributed by atoms with Crippen LogP contribution in [0, 0.1) is 10.1 Å². The fourth-order valence-corrected chi connectivity index (χ4v) is 1.85. The highest BCUT2D eigenvalue weighted by Gasteiger charge is 2.27. The number of rotatable bonds is 5. The first-order chi connectivity index (χ1) is 9.38. The summed E-state index contributed by atoms with van der Waals surface area (Å²) in [5.74, 6) is -2.46. The number of hydrogen-bond acceptors (Lipinski definition) is 6. The largest absolute Gasteiger partial charge is 0.481 e. The quantitative estimate of drug-likeness (QED) is 0.489. The van der Waals surface area contributed by atoms with Crippen LogP contribution < -0.4 is 0 Å². The van der Waals surface area contributed by atoms with Crippen molar-refractivity contribution in [3.05, 3.63) is 34.2 Å². The fraction of sp³-hybridized carbons (Fsp3) is 0.182. The number of hydrogen-bond donors (Lipinski definition) is 2. The lowest BCUT2D eigenvalue weighted by Crippen LogP contribution is -2.12. The Balaban J connectivity index is 2.46. The molecule has 2 aromatic rings. The lowest BCUT2D eigenvalue weighted by atomic mass is 10.1. The number of carbonyl (C=O) groups is 2. The van der Waals surface area contributed by atoms with Crippen molar-refractivity contribution in [2.45, 2.75) is 12.3 Å². The number of nitro benzene ring substituents is 1. The molecule has 0 saturated carbocycles. The first-order valence-corrected chi connectivity index (χ1v) is 5.82. The molecule has 1 unspecified atom stereocenters. The second-order valence-corrected chi connectivity index (χ2v) is 4.39. The monoisotopic (exact) mass is 296 g/mol. The molecule has 0 aliphatic rings. The second kappa shape index (κ2) is 5.29. The van der Waals surface area contributed by atoms with Crippen molar-refractivity contribution < 1.29 is 24.0 Å². The van der Waals surface area contributed by atoms with Gasteiger partial charge in [0.05, 0.1) is 17.4 Å². The van der Waals surface area contributed by atoms with Gasteiger partial charge in [-0.3, -0.25) is 19.7 Å². The number of benzene rings is 1. The Morgan fingerprint density at radius 1 is 1.50 bits per heavy atom. The molecule has 1 aromatic carbocycles. The van der Waals surface area contributed by atoms with E-state index in [1.807, 2.05) is 0 Å². The number of aromatic nitrogens is 1. The van der Waals surface area contributed by atoms with Crippen molar-refractivity contribution in [3.8, 4) is 0 Å². The number of non-ortho nitro benzene ring substituents is 1. The molecule has 1 heterocycles. The number of carbonyl (C=O) groups excluding carboxylic acids is 1. The molecule has 2 rings (SSSR count). The van der Waals surface area contributed by atoms with Crippen LogP contribution in [0.3, 0.4) is 0 Å². The van der Waals surface area contributed by atoms with Crippen LogP contribution in [-0.2, 0) is 9.59 Å². The van der Waals surface area contributed by atoms with E-state index in [1.54, 1.807) is 0 Å². The Hall–Kier alpha value is -2.42. The van der Waals surface area contributed by atoms with Crippen molar-refractivity contribution in [2.24, 2.45) is 0 Å². The molecule has 1 aromatic heterocycles. The predicted octanol–water partition coefficient (Wildman–Crippen LogP) is 1.75. The van der Waals surface area contributed by atoms with Gasteiger partial charge in [-0.25, -0.2) is 4.98 Å². The van der Waals surface area contributed by atoms with Crippen molar-refractivity contribution in [1.29, 1.82) is 0 Å². The maximum atomic E-state index is 11.3. The summed E-state index contributed by atoms with van der Waals surface area (Å²) in [4.78, 5) is 36.0. The van der Waals surface area contributed by atoms with Gasteiger partial charge in [0, 0.05) is 6.07 Å². The summed E-state index contributed by atoms with van der Waals surface area (Å²) in [6, 6.07) is 3.76. The van der Waals surface area contributed by atoms with Crippen molar-refractivity contribution in [1.82, 2.24) is 4.98 Å². The second-order valence-electron chi connectivity index (χ2n) is 3.95. The lowest BCUT2D eigenvalue weighted by Gasteiger charge is -2.04. The summed E-state index contributed by atoms with van der Waals surface area (Å²) in [6.45, 7) is 0. The Kier molecular flexibility index (Phi) is 3.70. The third kappa shape index (κ3) is 2.77. The molecule has 0 radical (unpaired) electrons. The van der Waals surface area contributed by atoms with Crippen LogP contribution in [0.1, 0.15) is 18.2 Å². The molecule has 0 bridgehead atoms. The van der Waals surface area contributed by atoms with E-state index in [1.165, 1.54) is 12.1 Å². The molecule has 9 heteroatoms. The third-order valence-electron chi connectivity index (χ3n) is 2.57. The van der Waals surface area contributed by atoms with E-state index in [0.717, 1.165) is 6.07 Å². The molecule has 0 saturated heterocycles. The Labute approximate surface area is 117 Å². The zero-order valence-electron chi connectivity index (χ0n) is 9.85. The summed E-state index contributed by atoms with van der Waals surface area (Å²) >= 11 is 3.60. The maximum absolute atomic E-state index is 11.3. The zero-order chi connectivity index (χ0) is 14.9. The predicted molar refractivity (Wildman–Crippen MR) is 69.7 cm³/mol. The van der Waals surface area contributed by atoms with Crippen molar-refractivity contribution in [2.75, 3.05) is 0 Å². The van der Waals surface area contributed by atoms with Crippen LogP contribution in [0.15, 0.2) is 22.6 Å². The fourth-order valence-electron chi connectivity index (χ4n) is 1.65. The van der Waals surface area contributed by atoms with Crippen LogP contribution in [0.2, 0.25) is 0 Å². The first kappa shape index (κ1) is 14.0. The van der Waals surface area contributed by atoms with Gasteiger partial charge in [0.25, 0.3) is 5.69 Å². The number of fused-ring (bicyclic) bond motifs is 1. The van der Waals surface area contributed by atoms with E-state index in [4.69, 9.17) is 9.52 Å². The SMILES string of the molecule is O=C(O)CC(C(=O)S)c1nc2ccc([N+](=O)[O-])cc2o1. The number of carboxylic acids is 1. The molecule has 0 aliphatic carbocycles. The van der Waals surface area contributed by atoms with E-state index in [-0.39, 0.29) is 17.2 Å². The van der Waals surface area contributed by atoms with Crippen LogP contribution in [0.5, 0.6) is 0 Å². The van der Waals surface area contributed by atoms with Gasteiger partial charge in [-0.1, -0.05) is 0 Å². The lowest BCUT2D eigenvalue weighted by molar-refractivity contribution is -0.384. The topological polar surface area (TPSA) is 124 Å². The highest BCUT2D eigenvalue weighted by molar-refractivity contribution is 7.96. The summed E-state index contributed by atoms with van der Waals surface area (Å²) in [6.07, 6.45) is -0.517. The molecule has 1 atom stereocenters. The number of carboxylic acid groups (broad SMARTS) is 1. The summed E-state index contributed by atoms with van der Waals surface area (Å²) in [5, 5.41) is 18.7. The van der Waals surface area contributed by atoms with Crippen LogP contribution in [0.4, 0.5) is 5.69 Å². The normalized spacial score (nSPS) is 12.2. The van der Waals surface area contributed by atoms with Crippen molar-refractivity contribution in [3.63, 3.8) is 0 Å². The molecule has 0 fully saturated rings. The molecule has 0 spiro atoms. The van der Waals surface area contributed by atoms with Crippen LogP contribution in [0.25, 0.3) is 11.1 Å². The number of nitro groups is 1. The van der Waals surface area contributed by atoms with E-state index in [2.05, 4.69) is 17.6 Å². The van der Waals surface area contributed by atoms with E-state index >= 15 is 0 Å². The highest BCUT2D eigenvalue weighted by atomic mass is 32.1. The molecule has 104 valence electrons. The summed E-state index contributed by atoms with van der Waals surface area (Å²) in [5.41, 5.74) is 0.224. The average molecular weight is 296 g/mol. The number of nitrogens with zero attached hydrogens (tertiary/aromatic N) is 2. The minimum absolute atomic E-state index is 0.110. The molecular weight excluding hydrogens is 288 g/mol. The molecule has 1 N–H and O–H groups in total. The van der Waals surface area contributed by atoms with Gasteiger partial charge in [0.1, 0.15) is 11.4 Å². The van der Waals surface area contributed by atoms with Crippen LogP contribution in [-0.4, -0.2) is 26.1 Å². The minimum atomic E-state index is -1.20. The number of aliphatic carboxylic acids is 1. The molecular formula is C11H8N2O6S. The smallest absolute Gasteiger partial charge is 0.304 e. The minimum Gasteiger partial charge on any atom is -0.481 e. The van der Waals surface area contributed by atoms with E-state index in [9.17, 15) is 19.7 Å². The van der Waals surface area contributed by atoms with E-state index in [0.29, 0.717) is 5.52 Å². The van der Waals surface area contributed by atoms with Gasteiger partial charge in [0.15, 0.2) is 10.7 Å². The highest BCUT2D eigenvalue weighted by Crippen LogP contribution is 2.28. The standard InChI is InChI=1S/C11H8N2O6S/c14-9(15)4-6(11(16)20)10-12-7-2-1-5(13(17)18)3-8(7)19-10/h1-3,6H,4H2,(H,14,15)(H,16,20). The van der Waals surface area contributed by atoms with Gasteiger partial charge in [-0.05, 0) is 6.07 Å². The molecule has 8 nitrogen and oxygen atoms in total. The molecule has 0 aliphatic heterocycles. The van der Waals surface area contributed by atoms with E-state index < -0.39 is 28.3 Å². The Morgan fingerprint density at radius 2 is 2.20 bits per heavy atom. The summed E-state index contributed by atoms with van der Waals surface area (Å²) < 4.78 is 5.23. The van der Waals surface area contributed by atoms with Gasteiger partial charge < -0.3 is 9.52 Å². The van der Waals surface area contributed by atoms with Gasteiger partial charge >= 0.3 is 5.97 Å². The average Bonchev–Trinajstić information content (AvgIpc) is 2.77. The summed E-state index contributed by atoms with van der Waals surface area (Å²) in [7, 11) is 0.